The Bertz CT molecular complexity index is 1570. The van der Waals surface area contributed by atoms with Crippen LogP contribution in [0.2, 0.25) is 10.0 Å². The highest BCUT2D eigenvalue weighted by atomic mass is 35.5. The van der Waals surface area contributed by atoms with Crippen LogP contribution in [0.1, 0.15) is 18.9 Å². The van der Waals surface area contributed by atoms with Crippen LogP contribution in [0.25, 0.3) is 5.69 Å². The fourth-order valence-electron chi connectivity index (χ4n) is 4.28. The predicted molar refractivity (Wildman–Crippen MR) is 165 cm³/mol. The predicted octanol–water partition coefficient (Wildman–Crippen LogP) is 7.93. The van der Waals surface area contributed by atoms with E-state index in [1.807, 2.05) is 77.6 Å². The topological polar surface area (TPSA) is 102 Å². The molecule has 0 bridgehead atoms. The van der Waals surface area contributed by atoms with Crippen LogP contribution in [-0.2, 0) is 20.9 Å². The van der Waals surface area contributed by atoms with Crippen LogP contribution in [0.15, 0.2) is 124 Å². The van der Waals surface area contributed by atoms with Crippen LogP contribution in [0, 0.1) is 5.41 Å². The minimum atomic E-state index is -1.43. The van der Waals surface area contributed by atoms with Gasteiger partial charge in [-0.1, -0.05) is 83.5 Å². The van der Waals surface area contributed by atoms with Gasteiger partial charge in [0, 0.05) is 37.8 Å². The quantitative estimate of drug-likeness (QED) is 0.195. The van der Waals surface area contributed by atoms with Gasteiger partial charge in [-0.2, -0.15) is 5.10 Å². The zero-order valence-electron chi connectivity index (χ0n) is 22.6. The summed E-state index contributed by atoms with van der Waals surface area (Å²) in [6.45, 7) is 1.87. The molecule has 0 radical (unpaired) electrons. The Labute approximate surface area is 258 Å². The number of rotatable bonds is 9. The van der Waals surface area contributed by atoms with Crippen LogP contribution in [0.5, 0.6) is 0 Å². The first-order chi connectivity index (χ1) is 20.2. The lowest BCUT2D eigenvalue weighted by molar-refractivity contribution is -0.146. The molecule has 3 aromatic carbocycles. The number of aliphatic carboxylic acids is 2. The molecule has 0 spiro atoms. The second-order valence-corrected chi connectivity index (χ2v) is 11.6. The Morgan fingerprint density at radius 2 is 1.60 bits per heavy atom. The highest BCUT2D eigenvalue weighted by molar-refractivity contribution is 8.03. The number of para-hydroxylation sites is 1. The van der Waals surface area contributed by atoms with Crippen LogP contribution in [0.4, 0.5) is 0 Å². The van der Waals surface area contributed by atoms with Gasteiger partial charge in [0.2, 0.25) is 0 Å². The van der Waals surface area contributed by atoms with E-state index in [0.717, 1.165) is 11.3 Å². The number of carboxylic acids is 2. The molecule has 1 unspecified atom stereocenters. The van der Waals surface area contributed by atoms with Gasteiger partial charge in [0.05, 0.1) is 24.3 Å². The van der Waals surface area contributed by atoms with E-state index in [0.29, 0.717) is 32.0 Å². The largest absolute Gasteiger partial charge is 0.481 e. The number of halogens is 2. The molecule has 5 rings (SSSR count). The van der Waals surface area contributed by atoms with Gasteiger partial charge < -0.3 is 14.9 Å². The number of carbonyl (C=O) groups is 2. The molecule has 2 N–H and O–H groups in total. The van der Waals surface area contributed by atoms with Crippen molar-refractivity contribution in [2.24, 2.45) is 5.41 Å². The second-order valence-electron chi connectivity index (χ2n) is 9.60. The summed E-state index contributed by atoms with van der Waals surface area (Å²) in [5, 5.41) is 24.5. The van der Waals surface area contributed by atoms with Gasteiger partial charge in [-0.15, -0.1) is 0 Å². The van der Waals surface area contributed by atoms with E-state index in [1.165, 1.54) is 24.8 Å². The smallest absolute Gasteiger partial charge is 0.331 e. The van der Waals surface area contributed by atoms with Crippen LogP contribution in [-0.4, -0.2) is 38.5 Å². The van der Waals surface area contributed by atoms with Gasteiger partial charge in [0.25, 0.3) is 0 Å². The van der Waals surface area contributed by atoms with Gasteiger partial charge in [-0.25, -0.2) is 9.48 Å². The van der Waals surface area contributed by atoms with Gasteiger partial charge in [0.15, 0.2) is 0 Å². The number of hydrogen-bond acceptors (Lipinski definition) is 5. The lowest BCUT2D eigenvalue weighted by Crippen LogP contribution is -2.36. The van der Waals surface area contributed by atoms with Gasteiger partial charge in [-0.3, -0.25) is 4.79 Å². The zero-order chi connectivity index (χ0) is 30.1. The molecule has 1 atom stereocenters. The molecule has 0 fully saturated rings. The Hall–Kier alpha value is -3.82. The normalized spacial score (nSPS) is 16.3. The number of aromatic nitrogens is 2. The number of nitrogens with zero attached hydrogens (tertiary/aromatic N) is 2. The molecule has 4 aromatic rings. The van der Waals surface area contributed by atoms with Crippen molar-refractivity contribution >= 4 is 46.9 Å². The van der Waals surface area contributed by atoms with E-state index in [-0.39, 0.29) is 18.6 Å². The van der Waals surface area contributed by atoms with E-state index >= 15 is 0 Å². The first kappa shape index (κ1) is 31.1. The third kappa shape index (κ3) is 8.14. The number of thioether (sulfide) groups is 1. The van der Waals surface area contributed by atoms with Gasteiger partial charge in [0.1, 0.15) is 0 Å². The first-order valence-corrected chi connectivity index (χ1v) is 14.4. The molecule has 216 valence electrons. The molecule has 10 heteroatoms. The van der Waals surface area contributed by atoms with Crippen LogP contribution in [0.3, 0.4) is 0 Å². The molecule has 0 saturated carbocycles. The Balaban J connectivity index is 0.000000305. The van der Waals surface area contributed by atoms with Crippen molar-refractivity contribution in [2.45, 2.75) is 24.8 Å². The highest BCUT2D eigenvalue weighted by Gasteiger charge is 2.43. The average Bonchev–Trinajstić information content (AvgIpc) is 3.50. The SMILES string of the molecule is CC1(C(=O)O)CC(C(=O)O)=CC(Sc2cc(Cl)cc(Cl)c2)=C1COCc1ccccc1.c1ccc(-n2cccn2)cc1. The number of carboxylic acid groups (broad SMARTS) is 2. The summed E-state index contributed by atoms with van der Waals surface area (Å²) < 4.78 is 7.69. The monoisotopic (exact) mass is 622 g/mol. The minimum absolute atomic E-state index is 0.0207. The Kier molecular flexibility index (Phi) is 10.7. The average molecular weight is 624 g/mol. The van der Waals surface area contributed by atoms with Gasteiger partial charge >= 0.3 is 11.9 Å². The molecule has 0 aliphatic heterocycles. The number of allylic oxidation sites excluding steroid dienone is 1. The van der Waals surface area contributed by atoms with E-state index in [4.69, 9.17) is 27.9 Å². The molecular formula is C32H28Cl2N2O5S. The van der Waals surface area contributed by atoms with Crippen LogP contribution < -0.4 is 0 Å². The summed E-state index contributed by atoms with van der Waals surface area (Å²) in [6.07, 6.45) is 5.07. The van der Waals surface area contributed by atoms with Crippen molar-refractivity contribution in [3.8, 4) is 5.69 Å². The molecular weight excluding hydrogens is 595 g/mol. The fourth-order valence-corrected chi connectivity index (χ4v) is 6.17. The van der Waals surface area contributed by atoms with Gasteiger partial charge in [-0.05, 0) is 67.0 Å². The summed E-state index contributed by atoms with van der Waals surface area (Å²) in [4.78, 5) is 25.1. The molecule has 1 aliphatic carbocycles. The minimum Gasteiger partial charge on any atom is -0.481 e. The Morgan fingerprint density at radius 3 is 2.17 bits per heavy atom. The molecule has 1 heterocycles. The number of hydrogen-bond donors (Lipinski definition) is 2. The van der Waals surface area contributed by atoms with Crippen molar-refractivity contribution in [3.05, 3.63) is 135 Å². The third-order valence-electron chi connectivity index (χ3n) is 6.51. The summed E-state index contributed by atoms with van der Waals surface area (Å²) in [6, 6.07) is 26.4. The summed E-state index contributed by atoms with van der Waals surface area (Å²) in [7, 11) is 0. The third-order valence-corrected chi connectivity index (χ3v) is 8.00. The molecule has 7 nitrogen and oxygen atoms in total. The van der Waals surface area contributed by atoms with E-state index in [2.05, 4.69) is 5.10 Å². The van der Waals surface area contributed by atoms with Crippen molar-refractivity contribution in [1.29, 1.82) is 0 Å². The zero-order valence-corrected chi connectivity index (χ0v) is 24.9. The second kappa shape index (κ2) is 14.4. The number of benzene rings is 3. The maximum Gasteiger partial charge on any atom is 0.331 e. The van der Waals surface area contributed by atoms with Crippen molar-refractivity contribution in [3.63, 3.8) is 0 Å². The van der Waals surface area contributed by atoms with E-state index < -0.39 is 17.4 Å². The molecule has 1 aromatic heterocycles. The van der Waals surface area contributed by atoms with Crippen molar-refractivity contribution in [2.75, 3.05) is 6.61 Å². The molecule has 0 amide bonds. The maximum atomic E-state index is 12.2. The molecule has 1 aliphatic rings. The van der Waals surface area contributed by atoms with E-state index in [9.17, 15) is 19.8 Å². The van der Waals surface area contributed by atoms with Crippen molar-refractivity contribution < 1.29 is 24.5 Å². The standard InChI is InChI=1S/C23H20Cl2O5S.C9H8N2/c1-23(22(28)29)11-15(21(26)27)7-20(31-18-9-16(24)8-17(25)10-18)19(23)13-30-12-14-5-3-2-4-6-14;1-2-5-9(6-3-1)11-8-4-7-10-11/h2-10H,11-13H2,1H3,(H,26,27)(H,28,29);1-8H. The lowest BCUT2D eigenvalue weighted by Gasteiger charge is -2.33. The lowest BCUT2D eigenvalue weighted by atomic mass is 9.73. The van der Waals surface area contributed by atoms with Crippen molar-refractivity contribution in [1.82, 2.24) is 9.78 Å². The summed E-state index contributed by atoms with van der Waals surface area (Å²) in [5.41, 5.74) is 1.14. The number of ether oxygens (including phenoxy) is 1. The first-order valence-electron chi connectivity index (χ1n) is 12.9. The fraction of sp³-hybridized carbons (Fsp3) is 0.156. The van der Waals surface area contributed by atoms with E-state index in [1.54, 1.807) is 24.4 Å². The summed E-state index contributed by atoms with van der Waals surface area (Å²) in [5.74, 6) is -2.26. The maximum absolute atomic E-state index is 12.2. The summed E-state index contributed by atoms with van der Waals surface area (Å²) >= 11 is 13.4. The Morgan fingerprint density at radius 1 is 0.952 bits per heavy atom. The molecule has 0 saturated heterocycles. The highest BCUT2D eigenvalue weighted by Crippen LogP contribution is 2.46. The van der Waals surface area contributed by atoms with Crippen LogP contribution >= 0.6 is 35.0 Å². The molecule has 42 heavy (non-hydrogen) atoms.